The van der Waals surface area contributed by atoms with Gasteiger partial charge in [0.1, 0.15) is 24.0 Å². The second-order valence-corrected chi connectivity index (χ2v) is 9.68. The van der Waals surface area contributed by atoms with Crippen molar-refractivity contribution < 1.29 is 14.2 Å². The van der Waals surface area contributed by atoms with Crippen LogP contribution in [0.5, 0.6) is 17.2 Å². The van der Waals surface area contributed by atoms with Gasteiger partial charge < -0.3 is 24.8 Å². The lowest BCUT2D eigenvalue weighted by Crippen LogP contribution is -2.27. The van der Waals surface area contributed by atoms with Crippen LogP contribution in [-0.2, 0) is 0 Å². The molecular weight excluding hydrogens is 464 g/mol. The summed E-state index contributed by atoms with van der Waals surface area (Å²) in [4.78, 5) is 9.18. The van der Waals surface area contributed by atoms with E-state index in [-0.39, 0.29) is 6.10 Å². The molecule has 0 amide bonds. The van der Waals surface area contributed by atoms with Crippen LogP contribution in [0.2, 0.25) is 5.02 Å². The lowest BCUT2D eigenvalue weighted by atomic mass is 9.87. The average molecular weight is 495 g/mol. The molecule has 0 radical (unpaired) electrons. The predicted octanol–water partition coefficient (Wildman–Crippen LogP) is 5.87. The van der Waals surface area contributed by atoms with Crippen molar-refractivity contribution in [2.45, 2.75) is 45.6 Å². The molecule has 3 aromatic rings. The summed E-state index contributed by atoms with van der Waals surface area (Å²) in [5.41, 5.74) is 4.24. The van der Waals surface area contributed by atoms with E-state index in [9.17, 15) is 0 Å². The number of piperidine rings is 1. The zero-order valence-electron chi connectivity index (χ0n) is 20.4. The maximum Gasteiger partial charge on any atom is 0.162 e. The first-order chi connectivity index (χ1) is 17.0. The van der Waals surface area contributed by atoms with E-state index in [4.69, 9.17) is 30.8 Å². The van der Waals surface area contributed by atoms with Crippen LogP contribution >= 0.6 is 11.6 Å². The molecule has 2 aromatic carbocycles. The molecule has 3 heterocycles. The third-order valence-electron chi connectivity index (χ3n) is 6.31. The van der Waals surface area contributed by atoms with Gasteiger partial charge in [-0.25, -0.2) is 9.97 Å². The molecule has 2 aliphatic rings. The number of rotatable bonds is 6. The summed E-state index contributed by atoms with van der Waals surface area (Å²) in [5, 5.41) is 7.29. The molecule has 2 N–H and O–H groups in total. The van der Waals surface area contributed by atoms with Gasteiger partial charge in [0, 0.05) is 5.56 Å². The third-order valence-corrected chi connectivity index (χ3v) is 6.58. The second kappa shape index (κ2) is 10.3. The van der Waals surface area contributed by atoms with Crippen molar-refractivity contribution in [1.29, 1.82) is 0 Å². The number of aryl methyl sites for hydroxylation is 1. The highest BCUT2D eigenvalue weighted by atomic mass is 35.5. The van der Waals surface area contributed by atoms with Crippen molar-refractivity contribution in [3.8, 4) is 28.6 Å². The molecule has 184 valence electrons. The Morgan fingerprint density at radius 1 is 1.09 bits per heavy atom. The Kier molecular flexibility index (Phi) is 6.97. The minimum absolute atomic E-state index is 0.0354. The van der Waals surface area contributed by atoms with E-state index in [1.807, 2.05) is 32.0 Å². The van der Waals surface area contributed by atoms with E-state index in [1.54, 1.807) is 6.20 Å². The number of nitrogens with zero attached hydrogens (tertiary/aromatic N) is 2. The summed E-state index contributed by atoms with van der Waals surface area (Å²) in [7, 11) is 0. The summed E-state index contributed by atoms with van der Waals surface area (Å²) in [6.07, 6.45) is 3.91. The van der Waals surface area contributed by atoms with Crippen LogP contribution in [0.3, 0.4) is 0 Å². The summed E-state index contributed by atoms with van der Waals surface area (Å²) in [6.45, 7) is 9.39. The van der Waals surface area contributed by atoms with Crippen LogP contribution in [-0.4, -0.2) is 42.4 Å². The monoisotopic (exact) mass is 494 g/mol. The number of nitrogens with one attached hydrogen (secondary N) is 2. The SMILES string of the molecule is Cc1cc(Nc2nc(-c3ccc4c(c3)OCCO4)ncc2Cl)c(OC(C)C)cc1C1CCNCC1. The molecule has 2 aliphatic heterocycles. The minimum atomic E-state index is 0.0354. The molecular formula is C27H31ClN4O3. The summed E-state index contributed by atoms with van der Waals surface area (Å²) >= 11 is 6.52. The Balaban J connectivity index is 1.47. The van der Waals surface area contributed by atoms with Crippen LogP contribution in [0, 0.1) is 6.92 Å². The molecule has 8 heteroatoms. The first-order valence-corrected chi connectivity index (χ1v) is 12.6. The lowest BCUT2D eigenvalue weighted by molar-refractivity contribution is 0.171. The van der Waals surface area contributed by atoms with Gasteiger partial charge in [0.25, 0.3) is 0 Å². The zero-order chi connectivity index (χ0) is 24.4. The van der Waals surface area contributed by atoms with Crippen LogP contribution < -0.4 is 24.8 Å². The first kappa shape index (κ1) is 23.7. The van der Waals surface area contributed by atoms with Crippen molar-refractivity contribution in [2.75, 3.05) is 31.6 Å². The minimum Gasteiger partial charge on any atom is -0.489 e. The zero-order valence-corrected chi connectivity index (χ0v) is 21.1. The fraction of sp³-hybridized carbons (Fsp3) is 0.407. The number of hydrogen-bond acceptors (Lipinski definition) is 7. The van der Waals surface area contributed by atoms with Crippen molar-refractivity contribution in [3.05, 3.63) is 52.7 Å². The van der Waals surface area contributed by atoms with Gasteiger partial charge in [0.05, 0.1) is 18.0 Å². The summed E-state index contributed by atoms with van der Waals surface area (Å²) < 4.78 is 17.6. The van der Waals surface area contributed by atoms with Crippen molar-refractivity contribution in [1.82, 2.24) is 15.3 Å². The molecule has 1 fully saturated rings. The van der Waals surface area contributed by atoms with Gasteiger partial charge in [0.2, 0.25) is 0 Å². The maximum absolute atomic E-state index is 6.52. The Morgan fingerprint density at radius 3 is 2.63 bits per heavy atom. The highest BCUT2D eigenvalue weighted by Crippen LogP contribution is 2.39. The van der Waals surface area contributed by atoms with Gasteiger partial charge in [-0.15, -0.1) is 0 Å². The van der Waals surface area contributed by atoms with Crippen LogP contribution in [0.25, 0.3) is 11.4 Å². The molecule has 0 aliphatic carbocycles. The van der Waals surface area contributed by atoms with Gasteiger partial charge in [-0.1, -0.05) is 11.6 Å². The number of benzene rings is 2. The molecule has 1 aromatic heterocycles. The maximum atomic E-state index is 6.52. The molecule has 7 nitrogen and oxygen atoms in total. The summed E-state index contributed by atoms with van der Waals surface area (Å²) in [5.74, 6) is 3.82. The van der Waals surface area contributed by atoms with Crippen LogP contribution in [0.1, 0.15) is 43.7 Å². The number of anilines is 2. The average Bonchev–Trinajstić information content (AvgIpc) is 2.87. The normalized spacial score (nSPS) is 15.8. The smallest absolute Gasteiger partial charge is 0.162 e. The Bertz CT molecular complexity index is 1210. The van der Waals surface area contributed by atoms with E-state index in [0.29, 0.717) is 41.5 Å². The van der Waals surface area contributed by atoms with Gasteiger partial charge >= 0.3 is 0 Å². The highest BCUT2D eigenvalue weighted by molar-refractivity contribution is 6.33. The van der Waals surface area contributed by atoms with Crippen LogP contribution in [0.4, 0.5) is 11.5 Å². The standard InChI is InChI=1S/C27H31ClN4O3/c1-16(2)35-24-14-20(18-6-8-29-9-7-18)17(3)12-22(24)31-27-21(28)15-30-26(32-27)19-4-5-23-25(13-19)34-11-10-33-23/h4-5,12-16,18,29H,6-11H2,1-3H3,(H,30,31,32). The Labute approximate surface area is 211 Å². The molecule has 1 saturated heterocycles. The second-order valence-electron chi connectivity index (χ2n) is 9.27. The molecule has 0 saturated carbocycles. The molecule has 0 spiro atoms. The Hall–Kier alpha value is -3.03. The van der Waals surface area contributed by atoms with E-state index >= 15 is 0 Å². The first-order valence-electron chi connectivity index (χ1n) is 12.2. The molecule has 5 rings (SSSR count). The van der Waals surface area contributed by atoms with Gasteiger partial charge in [-0.05, 0) is 94.1 Å². The van der Waals surface area contributed by atoms with Crippen molar-refractivity contribution in [3.63, 3.8) is 0 Å². The largest absolute Gasteiger partial charge is 0.489 e. The molecule has 0 atom stereocenters. The molecule has 35 heavy (non-hydrogen) atoms. The van der Waals surface area contributed by atoms with Crippen molar-refractivity contribution in [2.24, 2.45) is 0 Å². The quantitative estimate of drug-likeness (QED) is 0.443. The highest BCUT2D eigenvalue weighted by Gasteiger charge is 2.21. The van der Waals surface area contributed by atoms with Gasteiger partial charge in [-0.3, -0.25) is 0 Å². The van der Waals surface area contributed by atoms with Gasteiger partial charge in [-0.2, -0.15) is 0 Å². The topological polar surface area (TPSA) is 77.5 Å². The number of ether oxygens (including phenoxy) is 3. The van der Waals surface area contributed by atoms with Gasteiger partial charge in [0.15, 0.2) is 23.1 Å². The predicted molar refractivity (Wildman–Crippen MR) is 139 cm³/mol. The van der Waals surface area contributed by atoms with Crippen LogP contribution in [0.15, 0.2) is 36.5 Å². The summed E-state index contributed by atoms with van der Waals surface area (Å²) in [6, 6.07) is 10.0. The fourth-order valence-electron chi connectivity index (χ4n) is 4.63. The number of fused-ring (bicyclic) bond motifs is 1. The van der Waals surface area contributed by atoms with E-state index in [0.717, 1.165) is 48.7 Å². The number of hydrogen-bond donors (Lipinski definition) is 2. The molecule has 0 unspecified atom stereocenters. The third kappa shape index (κ3) is 5.31. The number of aromatic nitrogens is 2. The molecule has 0 bridgehead atoms. The van der Waals surface area contributed by atoms with E-state index in [1.165, 1.54) is 11.1 Å². The van der Waals surface area contributed by atoms with E-state index in [2.05, 4.69) is 34.7 Å². The Morgan fingerprint density at radius 2 is 1.86 bits per heavy atom. The van der Waals surface area contributed by atoms with Crippen molar-refractivity contribution >= 4 is 23.1 Å². The fourth-order valence-corrected chi connectivity index (χ4v) is 4.77. The lowest BCUT2D eigenvalue weighted by Gasteiger charge is -2.26. The number of halogens is 1. The van der Waals surface area contributed by atoms with E-state index < -0.39 is 0 Å².